The molecule has 0 bridgehead atoms. The molecule has 7 nitrogen and oxygen atoms in total. The second kappa shape index (κ2) is 5.31. The Morgan fingerprint density at radius 3 is 2.52 bits per heavy atom. The molecule has 1 aliphatic heterocycles. The number of hydrogen-bond donors (Lipinski definition) is 0. The number of rotatable bonds is 3. The predicted octanol–water partition coefficient (Wildman–Crippen LogP) is 1.21. The quantitative estimate of drug-likeness (QED) is 0.626. The zero-order chi connectivity index (χ0) is 16.8. The number of fused-ring (bicyclic) bond motifs is 1. The number of ether oxygens (including phenoxy) is 1. The molecular weight excluding hydrogens is 297 g/mol. The Balaban J connectivity index is 1.91. The lowest BCUT2D eigenvalue weighted by molar-refractivity contribution is 0.00578. The van der Waals surface area contributed by atoms with Crippen LogP contribution in [-0.2, 0) is 14.0 Å². The average molecular weight is 317 g/mol. The lowest BCUT2D eigenvalue weighted by Gasteiger charge is -2.32. The summed E-state index contributed by atoms with van der Waals surface area (Å²) in [5.41, 5.74) is 0.157. The first-order valence-electron chi connectivity index (χ1n) is 7.61. The van der Waals surface area contributed by atoms with Crippen LogP contribution in [0.3, 0.4) is 0 Å². The zero-order valence-corrected chi connectivity index (χ0v) is 14.0. The molecular formula is C15H20BN3O4. The van der Waals surface area contributed by atoms with Gasteiger partial charge < -0.3 is 14.0 Å². The van der Waals surface area contributed by atoms with Gasteiger partial charge in [0.05, 0.1) is 17.8 Å². The van der Waals surface area contributed by atoms with E-state index in [2.05, 4.69) is 9.97 Å². The first kappa shape index (κ1) is 16.0. The normalized spacial score (nSPS) is 19.3. The van der Waals surface area contributed by atoms with E-state index >= 15 is 0 Å². The third kappa shape index (κ3) is 2.72. The van der Waals surface area contributed by atoms with Crippen LogP contribution in [0.25, 0.3) is 5.78 Å². The summed E-state index contributed by atoms with van der Waals surface area (Å²) in [5.74, 6) is -0.0384. The van der Waals surface area contributed by atoms with Crippen molar-refractivity contribution in [2.75, 3.05) is 6.61 Å². The minimum atomic E-state index is -0.509. The van der Waals surface area contributed by atoms with Crippen molar-refractivity contribution >= 4 is 24.3 Å². The fraction of sp³-hybridized carbons (Fsp3) is 0.533. The molecule has 8 heteroatoms. The van der Waals surface area contributed by atoms with E-state index in [4.69, 9.17) is 14.0 Å². The standard InChI is InChI=1S/C15H20BN3O4/c1-6-21-12(20)11-9-19-8-10(7-17-13(19)18-11)16-22-14(2,3)15(4,5)23-16/h7-9H,6H2,1-5H3. The van der Waals surface area contributed by atoms with Gasteiger partial charge in [0, 0.05) is 24.1 Å². The van der Waals surface area contributed by atoms with Gasteiger partial charge in [-0.2, -0.15) is 0 Å². The van der Waals surface area contributed by atoms with Crippen LogP contribution in [-0.4, -0.2) is 45.3 Å². The van der Waals surface area contributed by atoms with Gasteiger partial charge in [-0.1, -0.05) is 0 Å². The SMILES string of the molecule is CCOC(=O)c1cn2cc(B3OC(C)(C)C(C)(C)O3)cnc2n1. The van der Waals surface area contributed by atoms with Gasteiger partial charge >= 0.3 is 13.1 Å². The van der Waals surface area contributed by atoms with Crippen molar-refractivity contribution in [1.29, 1.82) is 0 Å². The summed E-state index contributed by atoms with van der Waals surface area (Å²) in [5, 5.41) is 0. The minimum Gasteiger partial charge on any atom is -0.461 e. The van der Waals surface area contributed by atoms with Crippen molar-refractivity contribution in [3.8, 4) is 0 Å². The molecule has 0 atom stereocenters. The summed E-state index contributed by atoms with van der Waals surface area (Å²) in [7, 11) is -0.509. The van der Waals surface area contributed by atoms with E-state index in [1.807, 2.05) is 27.7 Å². The molecule has 2 aromatic heterocycles. The van der Waals surface area contributed by atoms with E-state index in [-0.39, 0.29) is 5.69 Å². The summed E-state index contributed by atoms with van der Waals surface area (Å²) < 4.78 is 18.6. The predicted molar refractivity (Wildman–Crippen MR) is 84.7 cm³/mol. The first-order valence-corrected chi connectivity index (χ1v) is 7.61. The number of carbonyl (C=O) groups excluding carboxylic acids is 1. The molecule has 0 spiro atoms. The highest BCUT2D eigenvalue weighted by Crippen LogP contribution is 2.36. The van der Waals surface area contributed by atoms with E-state index in [1.165, 1.54) is 0 Å². The van der Waals surface area contributed by atoms with Gasteiger partial charge in [-0.25, -0.2) is 14.8 Å². The molecule has 2 aromatic rings. The van der Waals surface area contributed by atoms with E-state index in [0.29, 0.717) is 12.4 Å². The molecule has 0 saturated carbocycles. The van der Waals surface area contributed by atoms with Gasteiger partial charge in [-0.05, 0) is 34.6 Å². The lowest BCUT2D eigenvalue weighted by Crippen LogP contribution is -2.41. The fourth-order valence-corrected chi connectivity index (χ4v) is 2.30. The van der Waals surface area contributed by atoms with Gasteiger partial charge in [0.25, 0.3) is 0 Å². The molecule has 0 amide bonds. The first-order chi connectivity index (χ1) is 10.7. The highest BCUT2D eigenvalue weighted by atomic mass is 16.7. The lowest BCUT2D eigenvalue weighted by atomic mass is 9.81. The molecule has 0 radical (unpaired) electrons. The largest absolute Gasteiger partial charge is 0.497 e. The summed E-state index contributed by atoms with van der Waals surface area (Å²) in [4.78, 5) is 20.2. The maximum Gasteiger partial charge on any atom is 0.497 e. The number of imidazole rings is 1. The third-order valence-electron chi connectivity index (χ3n) is 4.34. The van der Waals surface area contributed by atoms with Crippen LogP contribution in [0.4, 0.5) is 0 Å². The van der Waals surface area contributed by atoms with Gasteiger partial charge in [0.2, 0.25) is 5.78 Å². The Kier molecular flexibility index (Phi) is 3.69. The third-order valence-corrected chi connectivity index (χ3v) is 4.34. The van der Waals surface area contributed by atoms with Gasteiger partial charge in [-0.3, -0.25) is 4.40 Å². The smallest absolute Gasteiger partial charge is 0.461 e. The molecule has 1 saturated heterocycles. The molecule has 23 heavy (non-hydrogen) atoms. The van der Waals surface area contributed by atoms with Crippen LogP contribution in [0.15, 0.2) is 18.6 Å². The summed E-state index contributed by atoms with van der Waals surface area (Å²) in [6, 6.07) is 0. The van der Waals surface area contributed by atoms with Crippen molar-refractivity contribution in [1.82, 2.24) is 14.4 Å². The number of carbonyl (C=O) groups is 1. The molecule has 1 aliphatic rings. The van der Waals surface area contributed by atoms with Crippen molar-refractivity contribution in [2.24, 2.45) is 0 Å². The average Bonchev–Trinajstić information content (AvgIpc) is 2.97. The Hall–Kier alpha value is -1.93. The summed E-state index contributed by atoms with van der Waals surface area (Å²) >= 11 is 0. The van der Waals surface area contributed by atoms with Gasteiger partial charge in [0.15, 0.2) is 5.69 Å². The van der Waals surface area contributed by atoms with Gasteiger partial charge in [-0.15, -0.1) is 0 Å². The van der Waals surface area contributed by atoms with Crippen molar-refractivity contribution < 1.29 is 18.8 Å². The molecule has 0 N–H and O–H groups in total. The number of hydrogen-bond acceptors (Lipinski definition) is 6. The van der Waals surface area contributed by atoms with Crippen LogP contribution in [0, 0.1) is 0 Å². The molecule has 0 aliphatic carbocycles. The maximum absolute atomic E-state index is 11.8. The monoisotopic (exact) mass is 317 g/mol. The van der Waals surface area contributed by atoms with Crippen molar-refractivity contribution in [3.63, 3.8) is 0 Å². The van der Waals surface area contributed by atoms with Crippen LogP contribution < -0.4 is 5.46 Å². The van der Waals surface area contributed by atoms with Crippen molar-refractivity contribution in [2.45, 2.75) is 45.8 Å². The number of aromatic nitrogens is 3. The maximum atomic E-state index is 11.8. The minimum absolute atomic E-state index is 0.227. The second-order valence-electron chi connectivity index (χ2n) is 6.53. The number of esters is 1. The highest BCUT2D eigenvalue weighted by Gasteiger charge is 2.51. The Bertz CT molecular complexity index is 740. The zero-order valence-electron chi connectivity index (χ0n) is 14.0. The van der Waals surface area contributed by atoms with Crippen LogP contribution >= 0.6 is 0 Å². The van der Waals surface area contributed by atoms with E-state index in [1.54, 1.807) is 29.9 Å². The second-order valence-corrected chi connectivity index (χ2v) is 6.53. The topological polar surface area (TPSA) is 75.0 Å². The van der Waals surface area contributed by atoms with Gasteiger partial charge in [0.1, 0.15) is 0 Å². The van der Waals surface area contributed by atoms with Crippen LogP contribution in [0.2, 0.25) is 0 Å². The van der Waals surface area contributed by atoms with E-state index in [0.717, 1.165) is 5.46 Å². The fourth-order valence-electron chi connectivity index (χ4n) is 2.30. The molecule has 0 unspecified atom stereocenters. The molecule has 0 aromatic carbocycles. The number of nitrogens with zero attached hydrogens (tertiary/aromatic N) is 3. The van der Waals surface area contributed by atoms with Crippen LogP contribution in [0.5, 0.6) is 0 Å². The van der Waals surface area contributed by atoms with E-state index < -0.39 is 24.3 Å². The molecule has 1 fully saturated rings. The Morgan fingerprint density at radius 2 is 1.91 bits per heavy atom. The van der Waals surface area contributed by atoms with Crippen LogP contribution in [0.1, 0.15) is 45.1 Å². The van der Waals surface area contributed by atoms with E-state index in [9.17, 15) is 4.79 Å². The summed E-state index contributed by atoms with van der Waals surface area (Å²) in [6.45, 7) is 10.0. The Morgan fingerprint density at radius 1 is 1.26 bits per heavy atom. The Labute approximate surface area is 135 Å². The highest BCUT2D eigenvalue weighted by molar-refractivity contribution is 6.61. The molecule has 3 rings (SSSR count). The summed E-state index contributed by atoms with van der Waals surface area (Å²) in [6.07, 6.45) is 5.05. The molecule has 3 heterocycles. The van der Waals surface area contributed by atoms with Crippen molar-refractivity contribution in [3.05, 3.63) is 24.3 Å². The molecule has 122 valence electrons.